The normalized spacial score (nSPS) is 17.3. The molecule has 0 radical (unpaired) electrons. The van der Waals surface area contributed by atoms with E-state index in [4.69, 9.17) is 12.2 Å². The lowest BCUT2D eigenvalue weighted by Crippen LogP contribution is -2.33. The molecule has 2 unspecified atom stereocenters. The molecule has 1 aliphatic heterocycles. The van der Waals surface area contributed by atoms with E-state index in [9.17, 15) is 4.79 Å². The second-order valence-corrected chi connectivity index (χ2v) is 9.01. The van der Waals surface area contributed by atoms with Crippen molar-refractivity contribution in [3.8, 4) is 5.69 Å². The molecule has 4 aromatic rings. The first-order valence-electron chi connectivity index (χ1n) is 11.7. The fourth-order valence-electron chi connectivity index (χ4n) is 4.51. The number of rotatable bonds is 7. The molecule has 1 saturated heterocycles. The molecule has 1 amide bonds. The topological polar surface area (TPSA) is 62.2 Å². The Morgan fingerprint density at radius 1 is 1.00 bits per heavy atom. The van der Waals surface area contributed by atoms with Gasteiger partial charge in [0.2, 0.25) is 5.91 Å². The third-order valence-electron chi connectivity index (χ3n) is 6.23. The van der Waals surface area contributed by atoms with Crippen LogP contribution in [0.5, 0.6) is 0 Å². The van der Waals surface area contributed by atoms with Gasteiger partial charge in [-0.2, -0.15) is 0 Å². The van der Waals surface area contributed by atoms with Crippen molar-refractivity contribution in [2.75, 3.05) is 11.9 Å². The molecule has 0 spiro atoms. The van der Waals surface area contributed by atoms with E-state index in [0.717, 1.165) is 28.3 Å². The zero-order chi connectivity index (χ0) is 24.2. The third-order valence-corrected chi connectivity index (χ3v) is 6.58. The predicted octanol–water partition coefficient (Wildman–Crippen LogP) is 5.18. The summed E-state index contributed by atoms with van der Waals surface area (Å²) in [5.41, 5.74) is 5.01. The largest absolute Gasteiger partial charge is 0.352 e. The van der Waals surface area contributed by atoms with Gasteiger partial charge < -0.3 is 20.1 Å². The Kier molecular flexibility index (Phi) is 6.59. The van der Waals surface area contributed by atoms with Crippen molar-refractivity contribution in [2.24, 2.45) is 0 Å². The zero-order valence-electron chi connectivity index (χ0n) is 19.5. The number of para-hydroxylation sites is 1. The van der Waals surface area contributed by atoms with E-state index in [0.29, 0.717) is 18.1 Å². The van der Waals surface area contributed by atoms with Crippen molar-refractivity contribution in [3.05, 3.63) is 114 Å². The first-order valence-corrected chi connectivity index (χ1v) is 12.1. The highest BCUT2D eigenvalue weighted by atomic mass is 32.1. The Hall–Kier alpha value is -3.97. The molecule has 0 saturated carbocycles. The number of carbonyl (C=O) groups excluding carboxylic acids is 1. The van der Waals surface area contributed by atoms with Crippen LogP contribution in [0.1, 0.15) is 35.5 Å². The van der Waals surface area contributed by atoms with E-state index in [1.807, 2.05) is 73.7 Å². The Balaban J connectivity index is 1.42. The molecule has 2 atom stereocenters. The highest BCUT2D eigenvalue weighted by Crippen LogP contribution is 2.39. The fourth-order valence-corrected chi connectivity index (χ4v) is 4.84. The Morgan fingerprint density at radius 3 is 2.51 bits per heavy atom. The van der Waals surface area contributed by atoms with Gasteiger partial charge in [0, 0.05) is 42.4 Å². The van der Waals surface area contributed by atoms with E-state index < -0.39 is 0 Å². The average molecular weight is 482 g/mol. The molecule has 0 bridgehead atoms. The maximum absolute atomic E-state index is 12.8. The lowest BCUT2D eigenvalue weighted by molar-refractivity contribution is -0.116. The minimum absolute atomic E-state index is 0.0462. The quantitative estimate of drug-likeness (QED) is 0.356. The minimum Gasteiger partial charge on any atom is -0.352 e. The molecule has 3 heterocycles. The zero-order valence-corrected chi connectivity index (χ0v) is 20.3. The van der Waals surface area contributed by atoms with Crippen LogP contribution in [0, 0.1) is 6.92 Å². The average Bonchev–Trinajstić information content (AvgIpc) is 3.49. The van der Waals surface area contributed by atoms with Crippen LogP contribution in [-0.2, 0) is 4.79 Å². The summed E-state index contributed by atoms with van der Waals surface area (Å²) in [5.74, 6) is -0.0462. The summed E-state index contributed by atoms with van der Waals surface area (Å²) in [6.45, 7) is 2.51. The van der Waals surface area contributed by atoms with Crippen LogP contribution in [0.15, 0.2) is 97.3 Å². The molecule has 0 aliphatic carbocycles. The SMILES string of the molecule is Cc1ccc(NC(=O)CCN2C(=S)NC(c3ccccn3)C2c2cccn2-c2ccccc2)cc1. The van der Waals surface area contributed by atoms with Gasteiger partial charge >= 0.3 is 0 Å². The van der Waals surface area contributed by atoms with Gasteiger partial charge in [0.15, 0.2) is 5.11 Å². The summed E-state index contributed by atoms with van der Waals surface area (Å²) in [7, 11) is 0. The summed E-state index contributed by atoms with van der Waals surface area (Å²) in [6.07, 6.45) is 4.17. The highest BCUT2D eigenvalue weighted by Gasteiger charge is 2.41. The smallest absolute Gasteiger partial charge is 0.226 e. The van der Waals surface area contributed by atoms with Crippen LogP contribution in [0.25, 0.3) is 5.69 Å². The molecule has 2 aromatic heterocycles. The first-order chi connectivity index (χ1) is 17.1. The summed E-state index contributed by atoms with van der Waals surface area (Å²) in [4.78, 5) is 19.5. The number of thiocarbonyl (C=S) groups is 1. The van der Waals surface area contributed by atoms with Crippen molar-refractivity contribution < 1.29 is 4.79 Å². The van der Waals surface area contributed by atoms with E-state index in [1.165, 1.54) is 0 Å². The minimum atomic E-state index is -0.138. The van der Waals surface area contributed by atoms with Gasteiger partial charge in [0.1, 0.15) is 0 Å². The fraction of sp³-hybridized carbons (Fsp3) is 0.179. The van der Waals surface area contributed by atoms with Gasteiger partial charge in [-0.15, -0.1) is 0 Å². The summed E-state index contributed by atoms with van der Waals surface area (Å²) >= 11 is 5.77. The van der Waals surface area contributed by atoms with Gasteiger partial charge in [-0.05, 0) is 67.7 Å². The number of nitrogens with one attached hydrogen (secondary N) is 2. The van der Waals surface area contributed by atoms with Crippen molar-refractivity contribution in [1.29, 1.82) is 0 Å². The number of aryl methyl sites for hydroxylation is 1. The van der Waals surface area contributed by atoms with Gasteiger partial charge in [-0.1, -0.05) is 42.0 Å². The number of nitrogens with zero attached hydrogens (tertiary/aromatic N) is 3. The van der Waals surface area contributed by atoms with Crippen molar-refractivity contribution in [1.82, 2.24) is 19.8 Å². The van der Waals surface area contributed by atoms with Crippen LogP contribution in [0.2, 0.25) is 0 Å². The molecule has 6 nitrogen and oxygen atoms in total. The number of carbonyl (C=O) groups is 1. The molecule has 35 heavy (non-hydrogen) atoms. The number of aromatic nitrogens is 2. The molecular weight excluding hydrogens is 454 g/mol. The molecule has 176 valence electrons. The molecule has 1 fully saturated rings. The van der Waals surface area contributed by atoms with E-state index >= 15 is 0 Å². The lowest BCUT2D eigenvalue weighted by atomic mass is 10.0. The Labute approximate surface area is 210 Å². The lowest BCUT2D eigenvalue weighted by Gasteiger charge is -2.28. The standard InChI is InChI=1S/C28H27N5OS/c1-20-12-14-21(15-13-20)30-25(34)16-19-33-27(26(31-28(33)35)23-10-5-6-17-29-23)24-11-7-18-32(24)22-8-3-2-4-9-22/h2-15,17-18,26-27H,16,19H2,1H3,(H,30,34)(H,31,35). The van der Waals surface area contributed by atoms with Gasteiger partial charge in [-0.3, -0.25) is 9.78 Å². The van der Waals surface area contributed by atoms with Crippen LogP contribution in [0.4, 0.5) is 5.69 Å². The van der Waals surface area contributed by atoms with Crippen molar-refractivity contribution in [3.63, 3.8) is 0 Å². The summed E-state index contributed by atoms with van der Waals surface area (Å²) < 4.78 is 2.18. The number of benzene rings is 2. The molecule has 2 aromatic carbocycles. The molecule has 7 heteroatoms. The molecular formula is C28H27N5OS. The van der Waals surface area contributed by atoms with Gasteiger partial charge in [0.05, 0.1) is 17.8 Å². The number of anilines is 1. The molecule has 5 rings (SSSR count). The first kappa shape index (κ1) is 22.8. The maximum Gasteiger partial charge on any atom is 0.226 e. The monoisotopic (exact) mass is 481 g/mol. The summed E-state index contributed by atoms with van der Waals surface area (Å²) in [5, 5.41) is 7.08. The summed E-state index contributed by atoms with van der Waals surface area (Å²) in [6, 6.07) is 27.8. The number of amides is 1. The Bertz CT molecular complexity index is 1300. The van der Waals surface area contributed by atoms with E-state index in [-0.39, 0.29) is 18.0 Å². The third kappa shape index (κ3) is 4.95. The number of pyridine rings is 1. The van der Waals surface area contributed by atoms with Crippen LogP contribution >= 0.6 is 12.2 Å². The van der Waals surface area contributed by atoms with Crippen molar-refractivity contribution >= 4 is 28.9 Å². The van der Waals surface area contributed by atoms with Crippen molar-refractivity contribution in [2.45, 2.75) is 25.4 Å². The second kappa shape index (κ2) is 10.1. The number of hydrogen-bond donors (Lipinski definition) is 2. The maximum atomic E-state index is 12.8. The predicted molar refractivity (Wildman–Crippen MR) is 142 cm³/mol. The van der Waals surface area contributed by atoms with E-state index in [2.05, 4.69) is 49.5 Å². The van der Waals surface area contributed by atoms with Gasteiger partial charge in [-0.25, -0.2) is 0 Å². The van der Waals surface area contributed by atoms with Crippen LogP contribution in [-0.4, -0.2) is 32.0 Å². The van der Waals surface area contributed by atoms with Crippen LogP contribution < -0.4 is 10.6 Å². The molecule has 1 aliphatic rings. The molecule has 2 N–H and O–H groups in total. The van der Waals surface area contributed by atoms with E-state index in [1.54, 1.807) is 6.20 Å². The second-order valence-electron chi connectivity index (χ2n) is 8.62. The Morgan fingerprint density at radius 2 is 1.77 bits per heavy atom. The highest BCUT2D eigenvalue weighted by molar-refractivity contribution is 7.80. The van der Waals surface area contributed by atoms with Gasteiger partial charge in [0.25, 0.3) is 0 Å². The number of hydrogen-bond acceptors (Lipinski definition) is 3. The van der Waals surface area contributed by atoms with Crippen LogP contribution in [0.3, 0.4) is 0 Å².